The van der Waals surface area contributed by atoms with Crippen molar-refractivity contribution in [2.24, 2.45) is 0 Å². The number of hydrogen-bond acceptors (Lipinski definition) is 5. The number of anilines is 1. The molecule has 3 rings (SSSR count). The largest absolute Gasteiger partial charge is 0.269 e. The first-order valence-corrected chi connectivity index (χ1v) is 10.3. The Bertz CT molecular complexity index is 1090. The molecule has 10 heteroatoms. The summed E-state index contributed by atoms with van der Waals surface area (Å²) in [4.78, 5) is 3.21. The Hall–Kier alpha value is -2.10. The van der Waals surface area contributed by atoms with E-state index in [0.29, 0.717) is 11.6 Å². The number of halogens is 3. The zero-order valence-electron chi connectivity index (χ0n) is 14.3. The minimum atomic E-state index is -4.40. The zero-order chi connectivity index (χ0) is 19.8. The van der Waals surface area contributed by atoms with Gasteiger partial charge in [-0.05, 0) is 36.6 Å². The van der Waals surface area contributed by atoms with Gasteiger partial charge in [0.2, 0.25) is 5.13 Å². The first kappa shape index (κ1) is 19.7. The van der Waals surface area contributed by atoms with E-state index in [2.05, 4.69) is 9.36 Å². The van der Waals surface area contributed by atoms with Gasteiger partial charge in [0.25, 0.3) is 10.0 Å². The number of aryl methyl sites for hydroxylation is 2. The first-order chi connectivity index (χ1) is 12.7. The summed E-state index contributed by atoms with van der Waals surface area (Å²) in [6.45, 7) is 3.75. The maximum absolute atomic E-state index is 14.2. The lowest BCUT2D eigenvalue weighted by molar-refractivity contribution is 0.547. The maximum atomic E-state index is 14.2. The molecule has 0 radical (unpaired) electrons. The van der Waals surface area contributed by atoms with Gasteiger partial charge in [-0.2, -0.15) is 4.37 Å². The van der Waals surface area contributed by atoms with Crippen LogP contribution < -0.4 is 4.31 Å². The van der Waals surface area contributed by atoms with Crippen molar-refractivity contribution in [3.05, 3.63) is 70.0 Å². The van der Waals surface area contributed by atoms with E-state index in [1.807, 2.05) is 26.0 Å². The fourth-order valence-corrected chi connectivity index (χ4v) is 4.86. The summed E-state index contributed by atoms with van der Waals surface area (Å²) in [5.41, 5.74) is 2.73. The van der Waals surface area contributed by atoms with Gasteiger partial charge in [0.05, 0.1) is 11.6 Å². The van der Waals surface area contributed by atoms with Gasteiger partial charge in [0, 0.05) is 17.6 Å². The average Bonchev–Trinajstić information content (AvgIpc) is 3.12. The van der Waals surface area contributed by atoms with Crippen LogP contribution in [0.15, 0.2) is 41.6 Å². The number of nitrogens with zero attached hydrogens (tertiary/aromatic N) is 3. The predicted octanol–water partition coefficient (Wildman–Crippen LogP) is 4.48. The molecule has 0 saturated carbocycles. The van der Waals surface area contributed by atoms with Crippen LogP contribution in [-0.2, 0) is 16.6 Å². The van der Waals surface area contributed by atoms with E-state index in [0.717, 1.165) is 33.0 Å². The molecule has 0 amide bonds. The molecule has 0 atom stereocenters. The summed E-state index contributed by atoms with van der Waals surface area (Å²) < 4.78 is 58.7. The van der Waals surface area contributed by atoms with Gasteiger partial charge in [0.1, 0.15) is 22.9 Å². The van der Waals surface area contributed by atoms with Crippen molar-refractivity contribution in [3.63, 3.8) is 0 Å². The molecule has 0 aliphatic carbocycles. The van der Waals surface area contributed by atoms with Crippen LogP contribution in [0.5, 0.6) is 0 Å². The molecule has 2 aromatic carbocycles. The standard InChI is InChI=1S/C17H14ClF2N3O2S2/c1-10-3-4-12(5-11(10)2)8-23(17-21-9-22-26-17)27(24,25)16-6-13(18)14(19)7-15(16)20/h3-7,9H,8H2,1-2H3. The fraction of sp³-hybridized carbons (Fsp3) is 0.176. The van der Waals surface area contributed by atoms with Crippen molar-refractivity contribution in [3.8, 4) is 0 Å². The molecule has 0 bridgehead atoms. The highest BCUT2D eigenvalue weighted by molar-refractivity contribution is 7.93. The third-order valence-electron chi connectivity index (χ3n) is 4.00. The summed E-state index contributed by atoms with van der Waals surface area (Å²) in [7, 11) is -4.40. The van der Waals surface area contributed by atoms with E-state index in [1.54, 1.807) is 6.07 Å². The van der Waals surface area contributed by atoms with Crippen LogP contribution in [0.1, 0.15) is 16.7 Å². The normalized spacial score (nSPS) is 11.6. The maximum Gasteiger partial charge on any atom is 0.269 e. The Morgan fingerprint density at radius 1 is 1.11 bits per heavy atom. The molecule has 0 aliphatic rings. The third kappa shape index (κ3) is 3.95. The van der Waals surface area contributed by atoms with Gasteiger partial charge in [-0.1, -0.05) is 29.8 Å². The molecular formula is C17H14ClF2N3O2S2. The van der Waals surface area contributed by atoms with Crippen LogP contribution in [-0.4, -0.2) is 17.8 Å². The second kappa shape index (κ2) is 7.49. The molecule has 0 N–H and O–H groups in total. The Balaban J connectivity index is 2.10. The molecule has 1 heterocycles. The summed E-state index contributed by atoms with van der Waals surface area (Å²) in [5, 5.41) is -0.425. The van der Waals surface area contributed by atoms with E-state index in [1.165, 1.54) is 6.33 Å². The highest BCUT2D eigenvalue weighted by Gasteiger charge is 2.31. The topological polar surface area (TPSA) is 63.2 Å². The Morgan fingerprint density at radius 3 is 2.48 bits per heavy atom. The van der Waals surface area contributed by atoms with Crippen molar-refractivity contribution in [2.45, 2.75) is 25.3 Å². The molecule has 142 valence electrons. The van der Waals surface area contributed by atoms with Crippen molar-refractivity contribution in [1.82, 2.24) is 9.36 Å². The van der Waals surface area contributed by atoms with Crippen molar-refractivity contribution in [2.75, 3.05) is 4.31 Å². The third-order valence-corrected chi connectivity index (χ3v) is 6.85. The van der Waals surface area contributed by atoms with Gasteiger partial charge < -0.3 is 0 Å². The molecule has 27 heavy (non-hydrogen) atoms. The lowest BCUT2D eigenvalue weighted by atomic mass is 10.1. The van der Waals surface area contributed by atoms with Crippen LogP contribution in [0.3, 0.4) is 0 Å². The number of hydrogen-bond donors (Lipinski definition) is 0. The van der Waals surface area contributed by atoms with Crippen LogP contribution in [0, 0.1) is 25.5 Å². The highest BCUT2D eigenvalue weighted by Crippen LogP contribution is 2.30. The zero-order valence-corrected chi connectivity index (χ0v) is 16.7. The van der Waals surface area contributed by atoms with Crippen LogP contribution in [0.25, 0.3) is 0 Å². The van der Waals surface area contributed by atoms with Crippen LogP contribution >= 0.6 is 23.1 Å². The number of benzene rings is 2. The molecule has 0 saturated heterocycles. The summed E-state index contributed by atoms with van der Waals surface area (Å²) in [5.74, 6) is -2.27. The first-order valence-electron chi connectivity index (χ1n) is 7.70. The minimum Gasteiger partial charge on any atom is -0.235 e. The average molecular weight is 430 g/mol. The molecule has 0 spiro atoms. The summed E-state index contributed by atoms with van der Waals surface area (Å²) in [6, 6.07) is 6.69. The summed E-state index contributed by atoms with van der Waals surface area (Å²) >= 11 is 6.52. The molecule has 0 aliphatic heterocycles. The highest BCUT2D eigenvalue weighted by atomic mass is 35.5. The number of aromatic nitrogens is 2. The number of rotatable bonds is 5. The molecule has 0 fully saturated rings. The van der Waals surface area contributed by atoms with E-state index < -0.39 is 31.6 Å². The lowest BCUT2D eigenvalue weighted by Crippen LogP contribution is -2.31. The molecule has 1 aromatic heterocycles. The van der Waals surface area contributed by atoms with Gasteiger partial charge in [-0.3, -0.25) is 0 Å². The predicted molar refractivity (Wildman–Crippen MR) is 101 cm³/mol. The van der Waals surface area contributed by atoms with Crippen molar-refractivity contribution >= 4 is 38.3 Å². The van der Waals surface area contributed by atoms with Crippen LogP contribution in [0.2, 0.25) is 5.02 Å². The lowest BCUT2D eigenvalue weighted by Gasteiger charge is -2.22. The Labute approximate surface area is 164 Å². The SMILES string of the molecule is Cc1ccc(CN(c2ncns2)S(=O)(=O)c2cc(Cl)c(F)cc2F)cc1C. The molecule has 3 aromatic rings. The van der Waals surface area contributed by atoms with Gasteiger partial charge in [0.15, 0.2) is 0 Å². The number of sulfonamides is 1. The van der Waals surface area contributed by atoms with Crippen molar-refractivity contribution in [1.29, 1.82) is 0 Å². The van der Waals surface area contributed by atoms with E-state index in [-0.39, 0.29) is 11.7 Å². The molecule has 0 unspecified atom stereocenters. The molecule has 5 nitrogen and oxygen atoms in total. The minimum absolute atomic E-state index is 0.0630. The Morgan fingerprint density at radius 2 is 1.85 bits per heavy atom. The quantitative estimate of drug-likeness (QED) is 0.561. The summed E-state index contributed by atoms with van der Waals surface area (Å²) in [6.07, 6.45) is 1.21. The van der Waals surface area contributed by atoms with E-state index in [4.69, 9.17) is 11.6 Å². The smallest absolute Gasteiger partial charge is 0.235 e. The van der Waals surface area contributed by atoms with Crippen molar-refractivity contribution < 1.29 is 17.2 Å². The fourth-order valence-electron chi connectivity index (χ4n) is 2.42. The second-order valence-corrected chi connectivity index (χ2v) is 8.85. The monoisotopic (exact) mass is 429 g/mol. The second-order valence-electron chi connectivity index (χ2n) is 5.85. The Kier molecular flexibility index (Phi) is 5.45. The molecular weight excluding hydrogens is 416 g/mol. The van der Waals surface area contributed by atoms with Gasteiger partial charge in [-0.25, -0.2) is 26.5 Å². The van der Waals surface area contributed by atoms with E-state index in [9.17, 15) is 17.2 Å². The van der Waals surface area contributed by atoms with Gasteiger partial charge >= 0.3 is 0 Å². The van der Waals surface area contributed by atoms with Crippen LogP contribution in [0.4, 0.5) is 13.9 Å². The van der Waals surface area contributed by atoms with Gasteiger partial charge in [-0.15, -0.1) is 0 Å². The van der Waals surface area contributed by atoms with E-state index >= 15 is 0 Å².